The predicted octanol–water partition coefficient (Wildman–Crippen LogP) is 2.53. The zero-order valence-corrected chi connectivity index (χ0v) is 11.3. The summed E-state index contributed by atoms with van der Waals surface area (Å²) >= 11 is 0. The average Bonchev–Trinajstić information content (AvgIpc) is 2.53. The molecule has 5 heteroatoms. The third-order valence-electron chi connectivity index (χ3n) is 3.05. The molecule has 0 radical (unpaired) electrons. The number of aromatic carboxylic acids is 1. The summed E-state index contributed by atoms with van der Waals surface area (Å²) in [4.78, 5) is 24.5. The van der Waals surface area contributed by atoms with E-state index in [0.717, 1.165) is 0 Å². The molecule has 0 saturated heterocycles. The van der Waals surface area contributed by atoms with Gasteiger partial charge in [-0.05, 0) is 42.5 Å². The number of rotatable bonds is 3. The van der Waals surface area contributed by atoms with Crippen LogP contribution in [0.3, 0.4) is 0 Å². The van der Waals surface area contributed by atoms with Crippen molar-refractivity contribution in [3.63, 3.8) is 0 Å². The van der Waals surface area contributed by atoms with Gasteiger partial charge in [-0.25, -0.2) is 4.79 Å². The van der Waals surface area contributed by atoms with Crippen LogP contribution in [0, 0.1) is 11.3 Å². The van der Waals surface area contributed by atoms with Gasteiger partial charge in [-0.1, -0.05) is 6.07 Å². The second-order valence-corrected chi connectivity index (χ2v) is 4.41. The number of hydrogen-bond donors (Lipinski definition) is 1. The molecule has 0 aliphatic rings. The molecule has 0 bridgehead atoms. The van der Waals surface area contributed by atoms with Gasteiger partial charge in [0.05, 0.1) is 17.2 Å². The van der Waals surface area contributed by atoms with E-state index in [1.54, 1.807) is 31.3 Å². The standard InChI is InChI=1S/C16H12N2O3/c1-18(14-4-2-3-11(9-14)10-17)15(19)12-5-7-13(8-6-12)16(20)21/h2-9H,1H3,(H,20,21). The molecular weight excluding hydrogens is 268 g/mol. The summed E-state index contributed by atoms with van der Waals surface area (Å²) in [6.07, 6.45) is 0. The van der Waals surface area contributed by atoms with Crippen molar-refractivity contribution in [2.75, 3.05) is 11.9 Å². The first-order valence-corrected chi connectivity index (χ1v) is 6.14. The summed E-state index contributed by atoms with van der Waals surface area (Å²) < 4.78 is 0. The number of carbonyl (C=O) groups excluding carboxylic acids is 1. The highest BCUT2D eigenvalue weighted by molar-refractivity contribution is 6.06. The minimum Gasteiger partial charge on any atom is -0.478 e. The van der Waals surface area contributed by atoms with E-state index in [1.807, 2.05) is 6.07 Å². The summed E-state index contributed by atoms with van der Waals surface area (Å²) in [5, 5.41) is 17.7. The van der Waals surface area contributed by atoms with E-state index < -0.39 is 5.97 Å². The van der Waals surface area contributed by atoms with Gasteiger partial charge < -0.3 is 10.0 Å². The van der Waals surface area contributed by atoms with Gasteiger partial charge in [-0.15, -0.1) is 0 Å². The highest BCUT2D eigenvalue weighted by Gasteiger charge is 2.14. The van der Waals surface area contributed by atoms with Gasteiger partial charge >= 0.3 is 5.97 Å². The van der Waals surface area contributed by atoms with E-state index in [4.69, 9.17) is 10.4 Å². The number of benzene rings is 2. The molecule has 2 rings (SSSR count). The summed E-state index contributed by atoms with van der Waals surface area (Å²) in [5.41, 5.74) is 1.57. The number of amides is 1. The third-order valence-corrected chi connectivity index (χ3v) is 3.05. The van der Waals surface area contributed by atoms with Crippen molar-refractivity contribution >= 4 is 17.6 Å². The molecule has 0 aromatic heterocycles. The minimum atomic E-state index is -1.04. The maximum absolute atomic E-state index is 12.3. The molecule has 0 unspecified atom stereocenters. The molecule has 0 heterocycles. The SMILES string of the molecule is CN(C(=O)c1ccc(C(=O)O)cc1)c1cccc(C#N)c1. The molecule has 0 saturated carbocycles. The van der Waals surface area contributed by atoms with Gasteiger partial charge in [0, 0.05) is 18.3 Å². The summed E-state index contributed by atoms with van der Waals surface area (Å²) in [7, 11) is 1.60. The van der Waals surface area contributed by atoms with Crippen LogP contribution >= 0.6 is 0 Å². The van der Waals surface area contributed by atoms with Crippen LogP contribution in [-0.2, 0) is 0 Å². The molecule has 0 atom stereocenters. The zero-order valence-electron chi connectivity index (χ0n) is 11.3. The smallest absolute Gasteiger partial charge is 0.335 e. The van der Waals surface area contributed by atoms with Crippen molar-refractivity contribution in [1.82, 2.24) is 0 Å². The topological polar surface area (TPSA) is 81.4 Å². The molecule has 1 amide bonds. The van der Waals surface area contributed by atoms with Crippen LogP contribution in [0.2, 0.25) is 0 Å². The van der Waals surface area contributed by atoms with E-state index >= 15 is 0 Å². The van der Waals surface area contributed by atoms with Gasteiger partial charge in [-0.2, -0.15) is 5.26 Å². The number of nitrogens with zero attached hydrogens (tertiary/aromatic N) is 2. The Balaban J connectivity index is 2.26. The Morgan fingerprint density at radius 1 is 1.10 bits per heavy atom. The molecule has 104 valence electrons. The van der Waals surface area contributed by atoms with Gasteiger partial charge in [0.15, 0.2) is 0 Å². The first kappa shape index (κ1) is 14.3. The van der Waals surface area contributed by atoms with Crippen molar-refractivity contribution < 1.29 is 14.7 Å². The Labute approximate surface area is 121 Å². The largest absolute Gasteiger partial charge is 0.478 e. The number of nitriles is 1. The molecule has 0 aliphatic carbocycles. The molecule has 0 spiro atoms. The van der Waals surface area contributed by atoms with Crippen LogP contribution < -0.4 is 4.90 Å². The molecule has 21 heavy (non-hydrogen) atoms. The van der Waals surface area contributed by atoms with Crippen molar-refractivity contribution in [1.29, 1.82) is 5.26 Å². The fraction of sp³-hybridized carbons (Fsp3) is 0.0625. The maximum atomic E-state index is 12.3. The average molecular weight is 280 g/mol. The van der Waals surface area contributed by atoms with Gasteiger partial charge in [0.25, 0.3) is 5.91 Å². The van der Waals surface area contributed by atoms with E-state index in [-0.39, 0.29) is 11.5 Å². The molecule has 1 N–H and O–H groups in total. The lowest BCUT2D eigenvalue weighted by Gasteiger charge is -2.17. The van der Waals surface area contributed by atoms with Crippen molar-refractivity contribution in [3.8, 4) is 6.07 Å². The lowest BCUT2D eigenvalue weighted by molar-refractivity contribution is 0.0696. The predicted molar refractivity (Wildman–Crippen MR) is 77.3 cm³/mol. The second-order valence-electron chi connectivity index (χ2n) is 4.41. The lowest BCUT2D eigenvalue weighted by Crippen LogP contribution is -2.26. The maximum Gasteiger partial charge on any atom is 0.335 e. The Morgan fingerprint density at radius 2 is 1.71 bits per heavy atom. The van der Waals surface area contributed by atoms with E-state index in [0.29, 0.717) is 16.8 Å². The molecular formula is C16H12N2O3. The summed E-state index contributed by atoms with van der Waals surface area (Å²) in [6.45, 7) is 0. The van der Waals surface area contributed by atoms with E-state index in [2.05, 4.69) is 0 Å². The van der Waals surface area contributed by atoms with Gasteiger partial charge in [-0.3, -0.25) is 4.79 Å². The molecule has 0 aliphatic heterocycles. The zero-order chi connectivity index (χ0) is 15.4. The van der Waals surface area contributed by atoms with E-state index in [9.17, 15) is 9.59 Å². The number of hydrogen-bond acceptors (Lipinski definition) is 3. The fourth-order valence-electron chi connectivity index (χ4n) is 1.85. The highest BCUT2D eigenvalue weighted by atomic mass is 16.4. The highest BCUT2D eigenvalue weighted by Crippen LogP contribution is 2.17. The van der Waals surface area contributed by atoms with Crippen LogP contribution in [0.25, 0.3) is 0 Å². The monoisotopic (exact) mass is 280 g/mol. The van der Waals surface area contributed by atoms with Crippen LogP contribution in [-0.4, -0.2) is 24.0 Å². The van der Waals surface area contributed by atoms with Gasteiger partial charge in [0.2, 0.25) is 0 Å². The molecule has 5 nitrogen and oxygen atoms in total. The van der Waals surface area contributed by atoms with Crippen LogP contribution in [0.4, 0.5) is 5.69 Å². The molecule has 2 aromatic carbocycles. The summed E-state index contributed by atoms with van der Waals surface area (Å²) in [6, 6.07) is 14.4. The Kier molecular flexibility index (Phi) is 4.00. The number of anilines is 1. The van der Waals surface area contributed by atoms with Crippen LogP contribution in [0.1, 0.15) is 26.3 Å². The first-order valence-electron chi connectivity index (χ1n) is 6.14. The van der Waals surface area contributed by atoms with Crippen molar-refractivity contribution in [3.05, 3.63) is 65.2 Å². The first-order chi connectivity index (χ1) is 10.0. The van der Waals surface area contributed by atoms with E-state index in [1.165, 1.54) is 29.2 Å². The van der Waals surface area contributed by atoms with Gasteiger partial charge in [0.1, 0.15) is 0 Å². The van der Waals surface area contributed by atoms with Crippen molar-refractivity contribution in [2.24, 2.45) is 0 Å². The van der Waals surface area contributed by atoms with Crippen molar-refractivity contribution in [2.45, 2.75) is 0 Å². The second kappa shape index (κ2) is 5.88. The Bertz CT molecular complexity index is 730. The minimum absolute atomic E-state index is 0.126. The number of carboxylic acids is 1. The molecule has 0 fully saturated rings. The Morgan fingerprint density at radius 3 is 2.29 bits per heavy atom. The third kappa shape index (κ3) is 3.07. The fourth-order valence-corrected chi connectivity index (χ4v) is 1.85. The summed E-state index contributed by atoms with van der Waals surface area (Å²) in [5.74, 6) is -1.31. The number of carboxylic acid groups (broad SMARTS) is 1. The lowest BCUT2D eigenvalue weighted by atomic mass is 10.1. The van der Waals surface area contributed by atoms with Crippen LogP contribution in [0.15, 0.2) is 48.5 Å². The molecule has 2 aromatic rings. The normalized spacial score (nSPS) is 9.71. The quantitative estimate of drug-likeness (QED) is 0.936. The van der Waals surface area contributed by atoms with Crippen LogP contribution in [0.5, 0.6) is 0 Å². The Hall–Kier alpha value is -3.13. The number of carbonyl (C=O) groups is 2.